The Morgan fingerprint density at radius 2 is 2.19 bits per heavy atom. The molecule has 0 N–H and O–H groups in total. The number of hydrogen-bond donors (Lipinski definition) is 0. The molecule has 2 heterocycles. The van der Waals surface area contributed by atoms with Gasteiger partial charge in [-0.1, -0.05) is 11.6 Å². The van der Waals surface area contributed by atoms with E-state index in [1.54, 1.807) is 11.4 Å². The maximum Gasteiger partial charge on any atom is 0.408 e. The second-order valence-electron chi connectivity index (χ2n) is 2.99. The van der Waals surface area contributed by atoms with E-state index >= 15 is 0 Å². The van der Waals surface area contributed by atoms with E-state index < -0.39 is 12.7 Å². The molecule has 8 heteroatoms. The lowest BCUT2D eigenvalue weighted by Crippen LogP contribution is -2.19. The van der Waals surface area contributed by atoms with Crippen molar-refractivity contribution in [3.63, 3.8) is 0 Å². The van der Waals surface area contributed by atoms with Crippen LogP contribution in [0.25, 0.3) is 10.7 Å². The fourth-order valence-electron chi connectivity index (χ4n) is 1.17. The molecule has 0 aliphatic heterocycles. The van der Waals surface area contributed by atoms with Crippen LogP contribution in [0, 0.1) is 0 Å². The second-order valence-corrected chi connectivity index (χ2v) is 4.33. The van der Waals surface area contributed by atoms with Crippen molar-refractivity contribution in [3.8, 4) is 10.7 Å². The molecule has 2 aromatic rings. The van der Waals surface area contributed by atoms with E-state index in [9.17, 15) is 13.2 Å². The summed E-state index contributed by atoms with van der Waals surface area (Å²) in [5.74, 6) is 0.175. The molecule has 0 amide bonds. The Morgan fingerprint density at radius 3 is 2.75 bits per heavy atom. The molecule has 0 aromatic carbocycles. The van der Waals surface area contributed by atoms with Crippen LogP contribution in [0.15, 0.2) is 17.8 Å². The zero-order valence-corrected chi connectivity index (χ0v) is 9.27. The fraction of sp³-hybridized carbons (Fsp3) is 0.250. The van der Waals surface area contributed by atoms with Crippen LogP contribution >= 0.6 is 22.9 Å². The molecular formula is C8H5ClF3N3S. The second kappa shape index (κ2) is 4.06. The highest BCUT2D eigenvalue weighted by Crippen LogP contribution is 2.29. The summed E-state index contributed by atoms with van der Waals surface area (Å²) in [5.41, 5.74) is 0. The lowest BCUT2D eigenvalue weighted by Gasteiger charge is -2.07. The number of thiophene rings is 1. The van der Waals surface area contributed by atoms with E-state index in [1.165, 1.54) is 11.3 Å². The fourth-order valence-corrected chi connectivity index (χ4v) is 2.24. The summed E-state index contributed by atoms with van der Waals surface area (Å²) in [5, 5.41) is 5.64. The average molecular weight is 268 g/mol. The minimum Gasteiger partial charge on any atom is -0.236 e. The number of nitrogens with zero attached hydrogens (tertiary/aromatic N) is 3. The topological polar surface area (TPSA) is 30.7 Å². The van der Waals surface area contributed by atoms with E-state index in [4.69, 9.17) is 11.6 Å². The van der Waals surface area contributed by atoms with Gasteiger partial charge in [0, 0.05) is 5.38 Å². The van der Waals surface area contributed by atoms with E-state index in [0.717, 1.165) is 11.0 Å². The van der Waals surface area contributed by atoms with Crippen LogP contribution < -0.4 is 0 Å². The Labute approximate surface area is 97.5 Å². The predicted molar refractivity (Wildman–Crippen MR) is 54.4 cm³/mol. The summed E-state index contributed by atoms with van der Waals surface area (Å²) in [6, 6.07) is 1.56. The van der Waals surface area contributed by atoms with Crippen molar-refractivity contribution >= 4 is 22.9 Å². The van der Waals surface area contributed by atoms with Crippen molar-refractivity contribution < 1.29 is 13.2 Å². The van der Waals surface area contributed by atoms with Crippen LogP contribution in [0.1, 0.15) is 0 Å². The summed E-state index contributed by atoms with van der Waals surface area (Å²) in [7, 11) is 0. The first-order chi connectivity index (χ1) is 7.46. The Kier molecular flexibility index (Phi) is 2.90. The monoisotopic (exact) mass is 267 g/mol. The Bertz CT molecular complexity index is 491. The van der Waals surface area contributed by atoms with Gasteiger partial charge in [0.1, 0.15) is 12.9 Å². The Morgan fingerprint density at radius 1 is 1.44 bits per heavy atom. The summed E-state index contributed by atoms with van der Waals surface area (Å²) < 4.78 is 37.4. The van der Waals surface area contributed by atoms with Gasteiger partial charge in [0.2, 0.25) is 0 Å². The van der Waals surface area contributed by atoms with Gasteiger partial charge in [0.05, 0.1) is 9.90 Å². The van der Waals surface area contributed by atoms with Crippen molar-refractivity contribution in [1.82, 2.24) is 14.8 Å². The van der Waals surface area contributed by atoms with E-state index in [1.807, 2.05) is 0 Å². The molecule has 0 fully saturated rings. The molecule has 0 aliphatic carbocycles. The zero-order chi connectivity index (χ0) is 11.8. The smallest absolute Gasteiger partial charge is 0.236 e. The molecule has 2 rings (SSSR count). The summed E-state index contributed by atoms with van der Waals surface area (Å²) >= 11 is 6.92. The number of alkyl halides is 3. The zero-order valence-electron chi connectivity index (χ0n) is 7.70. The summed E-state index contributed by atoms with van der Waals surface area (Å²) in [4.78, 5) is 4.35. The summed E-state index contributed by atoms with van der Waals surface area (Å²) in [6.07, 6.45) is -3.22. The maximum atomic E-state index is 12.2. The molecule has 0 spiro atoms. The summed E-state index contributed by atoms with van der Waals surface area (Å²) in [6.45, 7) is -1.15. The molecule has 0 bridgehead atoms. The van der Waals surface area contributed by atoms with Crippen LogP contribution in [-0.2, 0) is 6.54 Å². The van der Waals surface area contributed by atoms with Gasteiger partial charge in [0.15, 0.2) is 5.82 Å². The normalized spacial score (nSPS) is 12.0. The van der Waals surface area contributed by atoms with Gasteiger partial charge in [-0.3, -0.25) is 0 Å². The first kappa shape index (κ1) is 11.4. The first-order valence-corrected chi connectivity index (χ1v) is 5.40. The van der Waals surface area contributed by atoms with Crippen LogP contribution in [0.5, 0.6) is 0 Å². The highest BCUT2D eigenvalue weighted by molar-refractivity contribution is 7.14. The highest BCUT2D eigenvalue weighted by Gasteiger charge is 2.30. The van der Waals surface area contributed by atoms with Crippen LogP contribution in [0.3, 0.4) is 0 Å². The van der Waals surface area contributed by atoms with Gasteiger partial charge in [-0.25, -0.2) is 9.67 Å². The third-order valence-corrected chi connectivity index (χ3v) is 3.01. The minimum atomic E-state index is -4.32. The SMILES string of the molecule is FC(F)(F)Cn1ncnc1-c1cc(Cl)cs1. The van der Waals surface area contributed by atoms with Crippen molar-refractivity contribution in [2.45, 2.75) is 12.7 Å². The van der Waals surface area contributed by atoms with E-state index in [2.05, 4.69) is 10.1 Å². The van der Waals surface area contributed by atoms with E-state index in [-0.39, 0.29) is 5.82 Å². The largest absolute Gasteiger partial charge is 0.408 e. The van der Waals surface area contributed by atoms with Crippen molar-refractivity contribution in [2.75, 3.05) is 0 Å². The van der Waals surface area contributed by atoms with E-state index in [0.29, 0.717) is 9.90 Å². The molecule has 0 unspecified atom stereocenters. The van der Waals surface area contributed by atoms with Crippen molar-refractivity contribution in [3.05, 3.63) is 22.8 Å². The molecule has 3 nitrogen and oxygen atoms in total. The molecule has 16 heavy (non-hydrogen) atoms. The molecule has 2 aromatic heterocycles. The lowest BCUT2D eigenvalue weighted by molar-refractivity contribution is -0.142. The molecule has 0 atom stereocenters. The molecule has 0 saturated heterocycles. The predicted octanol–water partition coefficient (Wildman–Crippen LogP) is 3.22. The van der Waals surface area contributed by atoms with Gasteiger partial charge >= 0.3 is 6.18 Å². The molecule has 0 aliphatic rings. The first-order valence-electron chi connectivity index (χ1n) is 4.15. The highest BCUT2D eigenvalue weighted by atomic mass is 35.5. The molecule has 0 saturated carbocycles. The number of aromatic nitrogens is 3. The van der Waals surface area contributed by atoms with Crippen molar-refractivity contribution in [2.24, 2.45) is 0 Å². The quantitative estimate of drug-likeness (QED) is 0.836. The molecule has 86 valence electrons. The third-order valence-electron chi connectivity index (χ3n) is 1.73. The minimum absolute atomic E-state index is 0.175. The standard InChI is InChI=1S/C8H5ClF3N3S/c9-5-1-6(16-2-5)7-13-4-14-15(7)3-8(10,11)12/h1-2,4H,3H2. The van der Waals surface area contributed by atoms with Crippen molar-refractivity contribution in [1.29, 1.82) is 0 Å². The lowest BCUT2D eigenvalue weighted by atomic mass is 10.4. The van der Waals surface area contributed by atoms with Gasteiger partial charge in [0.25, 0.3) is 0 Å². The number of hydrogen-bond acceptors (Lipinski definition) is 3. The van der Waals surface area contributed by atoms with Crippen LogP contribution in [0.2, 0.25) is 5.02 Å². The Hall–Kier alpha value is -1.08. The average Bonchev–Trinajstić information content (AvgIpc) is 2.71. The molecular weight excluding hydrogens is 263 g/mol. The maximum absolute atomic E-state index is 12.2. The third kappa shape index (κ3) is 2.53. The van der Waals surface area contributed by atoms with Gasteiger partial charge < -0.3 is 0 Å². The Balaban J connectivity index is 2.33. The number of rotatable bonds is 2. The van der Waals surface area contributed by atoms with Gasteiger partial charge in [-0.15, -0.1) is 11.3 Å². The number of halogens is 4. The van der Waals surface area contributed by atoms with Gasteiger partial charge in [-0.2, -0.15) is 18.3 Å². The molecule has 0 radical (unpaired) electrons. The van der Waals surface area contributed by atoms with Crippen LogP contribution in [-0.4, -0.2) is 20.9 Å². The van der Waals surface area contributed by atoms with Gasteiger partial charge in [-0.05, 0) is 6.07 Å². The van der Waals surface area contributed by atoms with Crippen LogP contribution in [0.4, 0.5) is 13.2 Å².